The first-order valence-electron chi connectivity index (χ1n) is 7.33. The number of nitrogens with one attached hydrogen (secondary N) is 2. The number of imidazole rings is 1. The minimum absolute atomic E-state index is 0.0650. The molecule has 2 aromatic carbocycles. The van der Waals surface area contributed by atoms with Crippen molar-refractivity contribution in [2.75, 3.05) is 6.54 Å². The number of hydrogen-bond acceptors (Lipinski definition) is 2. The number of halogens is 1. The number of benzene rings is 2. The van der Waals surface area contributed by atoms with Crippen molar-refractivity contribution in [2.45, 2.75) is 13.0 Å². The van der Waals surface area contributed by atoms with E-state index in [0.29, 0.717) is 19.5 Å². The number of amides is 1. The average molecular weight is 374 g/mol. The second kappa shape index (κ2) is 6.83. The van der Waals surface area contributed by atoms with Gasteiger partial charge in [0.15, 0.2) is 0 Å². The zero-order valence-corrected chi connectivity index (χ0v) is 14.0. The Morgan fingerprint density at radius 3 is 2.70 bits per heavy atom. The van der Waals surface area contributed by atoms with Gasteiger partial charge in [-0.1, -0.05) is 46.3 Å². The number of carbonyl (C=O) groups excluding carboxylic acids is 1. The molecule has 0 saturated heterocycles. The molecule has 0 aliphatic rings. The van der Waals surface area contributed by atoms with Gasteiger partial charge in [0.25, 0.3) is 0 Å². The molecular formula is C17H16BrN3O2. The normalized spacial score (nSPS) is 10.8. The molecule has 3 aromatic rings. The van der Waals surface area contributed by atoms with Gasteiger partial charge in [0.2, 0.25) is 5.91 Å². The zero-order chi connectivity index (χ0) is 16.2. The third kappa shape index (κ3) is 3.53. The third-order valence-corrected chi connectivity index (χ3v) is 4.42. The minimum Gasteiger partial charge on any atom is -0.354 e. The first kappa shape index (κ1) is 15.6. The second-order valence-corrected chi connectivity index (χ2v) is 6.07. The van der Waals surface area contributed by atoms with Gasteiger partial charge in [-0.05, 0) is 23.8 Å². The van der Waals surface area contributed by atoms with Crippen LogP contribution >= 0.6 is 15.9 Å². The highest BCUT2D eigenvalue weighted by molar-refractivity contribution is 9.10. The molecule has 6 heteroatoms. The van der Waals surface area contributed by atoms with Gasteiger partial charge in [-0.25, -0.2) is 4.79 Å². The van der Waals surface area contributed by atoms with E-state index in [1.165, 1.54) is 0 Å². The Morgan fingerprint density at radius 2 is 1.87 bits per heavy atom. The van der Waals surface area contributed by atoms with Crippen LogP contribution in [-0.2, 0) is 17.8 Å². The third-order valence-electron chi connectivity index (χ3n) is 3.65. The maximum Gasteiger partial charge on any atom is 0.326 e. The first-order chi connectivity index (χ1) is 11.1. The molecule has 1 heterocycles. The van der Waals surface area contributed by atoms with Crippen molar-refractivity contribution in [3.05, 3.63) is 69.1 Å². The maximum atomic E-state index is 12.0. The standard InChI is InChI=1S/C17H16BrN3O2/c18-13-6-2-1-5-12(13)11-16(22)19-9-10-21-15-8-4-3-7-14(15)20-17(21)23/h1-8H,9-11H2,(H,19,22)(H,20,23). The molecule has 0 unspecified atom stereocenters. The molecule has 1 amide bonds. The summed E-state index contributed by atoms with van der Waals surface area (Å²) in [5.74, 6) is -0.0650. The predicted octanol–water partition coefficient (Wildman–Crippen LogP) is 2.45. The summed E-state index contributed by atoms with van der Waals surface area (Å²) in [6.45, 7) is 0.843. The summed E-state index contributed by atoms with van der Waals surface area (Å²) in [5, 5.41) is 2.86. The van der Waals surface area contributed by atoms with Crippen LogP contribution < -0.4 is 11.0 Å². The largest absolute Gasteiger partial charge is 0.354 e. The molecule has 1 aromatic heterocycles. The van der Waals surface area contributed by atoms with Gasteiger partial charge in [-0.15, -0.1) is 0 Å². The molecule has 0 saturated carbocycles. The van der Waals surface area contributed by atoms with Crippen LogP contribution in [0.3, 0.4) is 0 Å². The lowest BCUT2D eigenvalue weighted by molar-refractivity contribution is -0.120. The number of aromatic nitrogens is 2. The van der Waals surface area contributed by atoms with Crippen molar-refractivity contribution in [3.63, 3.8) is 0 Å². The quantitative estimate of drug-likeness (QED) is 0.721. The number of rotatable bonds is 5. The molecule has 0 atom stereocenters. The lowest BCUT2D eigenvalue weighted by Gasteiger charge is -2.07. The van der Waals surface area contributed by atoms with Gasteiger partial charge >= 0.3 is 5.69 Å². The van der Waals surface area contributed by atoms with Crippen LogP contribution in [0.4, 0.5) is 0 Å². The lowest BCUT2D eigenvalue weighted by atomic mass is 10.1. The molecule has 23 heavy (non-hydrogen) atoms. The fourth-order valence-corrected chi connectivity index (χ4v) is 2.94. The predicted molar refractivity (Wildman–Crippen MR) is 93.4 cm³/mol. The van der Waals surface area contributed by atoms with E-state index >= 15 is 0 Å². The highest BCUT2D eigenvalue weighted by Crippen LogP contribution is 2.16. The number of fused-ring (bicyclic) bond motifs is 1. The summed E-state index contributed by atoms with van der Waals surface area (Å²) in [6, 6.07) is 15.1. The van der Waals surface area contributed by atoms with Crippen molar-refractivity contribution in [3.8, 4) is 0 Å². The summed E-state index contributed by atoms with van der Waals surface area (Å²) in [5.41, 5.74) is 2.43. The van der Waals surface area contributed by atoms with E-state index in [1.54, 1.807) is 4.57 Å². The van der Waals surface area contributed by atoms with Crippen LogP contribution in [0.1, 0.15) is 5.56 Å². The van der Waals surface area contributed by atoms with Gasteiger partial charge in [0.05, 0.1) is 17.5 Å². The van der Waals surface area contributed by atoms with E-state index < -0.39 is 0 Å². The first-order valence-corrected chi connectivity index (χ1v) is 8.12. The summed E-state index contributed by atoms with van der Waals surface area (Å²) in [4.78, 5) is 26.8. The number of carbonyl (C=O) groups is 1. The number of nitrogens with zero attached hydrogens (tertiary/aromatic N) is 1. The van der Waals surface area contributed by atoms with Crippen LogP contribution in [0.2, 0.25) is 0 Å². The summed E-state index contributed by atoms with van der Waals surface area (Å²) < 4.78 is 2.55. The van der Waals surface area contributed by atoms with E-state index in [2.05, 4.69) is 26.2 Å². The maximum absolute atomic E-state index is 12.0. The Labute approximate surface area is 141 Å². The molecule has 5 nitrogen and oxygen atoms in total. The van der Waals surface area contributed by atoms with Gasteiger partial charge in [0.1, 0.15) is 0 Å². The van der Waals surface area contributed by atoms with Crippen LogP contribution in [-0.4, -0.2) is 22.0 Å². The van der Waals surface area contributed by atoms with Gasteiger partial charge in [-0.2, -0.15) is 0 Å². The SMILES string of the molecule is O=C(Cc1ccccc1Br)NCCn1c(=O)[nH]c2ccccc21. The second-order valence-electron chi connectivity index (χ2n) is 5.22. The van der Waals surface area contributed by atoms with E-state index in [9.17, 15) is 9.59 Å². The molecule has 118 valence electrons. The Kier molecular flexibility index (Phi) is 4.62. The summed E-state index contributed by atoms with van der Waals surface area (Å²) in [6.07, 6.45) is 0.310. The van der Waals surface area contributed by atoms with Crippen LogP contribution in [0.15, 0.2) is 57.8 Å². The number of H-pyrrole nitrogens is 1. The van der Waals surface area contributed by atoms with Gasteiger partial charge in [-0.3, -0.25) is 9.36 Å². The Morgan fingerprint density at radius 1 is 1.13 bits per heavy atom. The van der Waals surface area contributed by atoms with E-state index in [-0.39, 0.29) is 11.6 Å². The van der Waals surface area contributed by atoms with Gasteiger partial charge < -0.3 is 10.3 Å². The summed E-state index contributed by atoms with van der Waals surface area (Å²) >= 11 is 3.43. The van der Waals surface area contributed by atoms with E-state index in [1.807, 2.05) is 48.5 Å². The molecular weight excluding hydrogens is 358 g/mol. The highest BCUT2D eigenvalue weighted by Gasteiger charge is 2.08. The molecule has 0 fully saturated rings. The minimum atomic E-state index is -0.161. The smallest absolute Gasteiger partial charge is 0.326 e. The molecule has 0 aliphatic heterocycles. The Bertz CT molecular complexity index is 898. The molecule has 0 aliphatic carbocycles. The lowest BCUT2D eigenvalue weighted by Crippen LogP contribution is -2.31. The molecule has 0 bridgehead atoms. The van der Waals surface area contributed by atoms with Crippen LogP contribution in [0, 0.1) is 0 Å². The molecule has 2 N–H and O–H groups in total. The summed E-state index contributed by atoms with van der Waals surface area (Å²) in [7, 11) is 0. The van der Waals surface area contributed by atoms with Crippen molar-refractivity contribution in [1.82, 2.24) is 14.9 Å². The fourth-order valence-electron chi connectivity index (χ4n) is 2.51. The van der Waals surface area contributed by atoms with E-state index in [4.69, 9.17) is 0 Å². The van der Waals surface area contributed by atoms with Crippen molar-refractivity contribution >= 4 is 32.9 Å². The number of hydrogen-bond donors (Lipinski definition) is 2. The van der Waals surface area contributed by atoms with Gasteiger partial charge in [0, 0.05) is 17.6 Å². The molecule has 0 spiro atoms. The molecule has 3 rings (SSSR count). The monoisotopic (exact) mass is 373 g/mol. The average Bonchev–Trinajstić information content (AvgIpc) is 2.86. The number of aromatic amines is 1. The van der Waals surface area contributed by atoms with Crippen molar-refractivity contribution < 1.29 is 4.79 Å². The fraction of sp³-hybridized carbons (Fsp3) is 0.176. The Hall–Kier alpha value is -2.34. The van der Waals surface area contributed by atoms with Crippen LogP contribution in [0.5, 0.6) is 0 Å². The Balaban J connectivity index is 1.61. The molecule has 0 radical (unpaired) electrons. The van der Waals surface area contributed by atoms with Crippen LogP contribution in [0.25, 0.3) is 11.0 Å². The zero-order valence-electron chi connectivity index (χ0n) is 12.4. The number of para-hydroxylation sites is 2. The van der Waals surface area contributed by atoms with E-state index in [0.717, 1.165) is 21.1 Å². The van der Waals surface area contributed by atoms with Crippen molar-refractivity contribution in [1.29, 1.82) is 0 Å². The topological polar surface area (TPSA) is 66.9 Å². The highest BCUT2D eigenvalue weighted by atomic mass is 79.9. The van der Waals surface area contributed by atoms with Crippen molar-refractivity contribution in [2.24, 2.45) is 0 Å².